The lowest BCUT2D eigenvalue weighted by Crippen LogP contribution is -2.48. The van der Waals surface area contributed by atoms with Gasteiger partial charge in [-0.05, 0) is 31.2 Å². The number of fused-ring (bicyclic) bond motifs is 1. The summed E-state index contributed by atoms with van der Waals surface area (Å²) >= 11 is 0. The van der Waals surface area contributed by atoms with E-state index in [9.17, 15) is 9.59 Å². The maximum Gasteiger partial charge on any atom is 0.233 e. The molecular formula is C12H18N2O2. The summed E-state index contributed by atoms with van der Waals surface area (Å²) < 4.78 is 0. The van der Waals surface area contributed by atoms with Crippen LogP contribution in [0.2, 0.25) is 0 Å². The fourth-order valence-electron chi connectivity index (χ4n) is 3.04. The van der Waals surface area contributed by atoms with Gasteiger partial charge in [0.2, 0.25) is 11.8 Å². The summed E-state index contributed by atoms with van der Waals surface area (Å²) in [6.45, 7) is 4.76. The SMILES string of the molecule is CC1(CN2C(=O)C3CC3C2=O)CCCNC1. The summed E-state index contributed by atoms with van der Waals surface area (Å²) in [4.78, 5) is 25.2. The van der Waals surface area contributed by atoms with Crippen molar-refractivity contribution in [3.63, 3.8) is 0 Å². The largest absolute Gasteiger partial charge is 0.316 e. The van der Waals surface area contributed by atoms with Crippen LogP contribution in [-0.2, 0) is 9.59 Å². The lowest BCUT2D eigenvalue weighted by Gasteiger charge is -2.37. The number of imide groups is 1. The molecule has 88 valence electrons. The lowest BCUT2D eigenvalue weighted by molar-refractivity contribution is -0.143. The first kappa shape index (κ1) is 10.3. The van der Waals surface area contributed by atoms with Crippen LogP contribution in [0.4, 0.5) is 0 Å². The van der Waals surface area contributed by atoms with Crippen LogP contribution in [0, 0.1) is 17.3 Å². The van der Waals surface area contributed by atoms with Gasteiger partial charge in [0.15, 0.2) is 0 Å². The third kappa shape index (κ3) is 1.47. The zero-order valence-corrected chi connectivity index (χ0v) is 9.66. The summed E-state index contributed by atoms with van der Waals surface area (Å²) in [5, 5.41) is 3.35. The number of nitrogens with one attached hydrogen (secondary N) is 1. The van der Waals surface area contributed by atoms with Crippen molar-refractivity contribution < 1.29 is 9.59 Å². The Morgan fingerprint density at radius 3 is 2.62 bits per heavy atom. The molecule has 16 heavy (non-hydrogen) atoms. The van der Waals surface area contributed by atoms with Crippen molar-refractivity contribution >= 4 is 11.8 Å². The van der Waals surface area contributed by atoms with E-state index in [0.717, 1.165) is 32.4 Å². The average molecular weight is 222 g/mol. The second-order valence-corrected chi connectivity index (χ2v) is 5.80. The Bertz CT molecular complexity index is 327. The van der Waals surface area contributed by atoms with E-state index in [-0.39, 0.29) is 29.1 Å². The van der Waals surface area contributed by atoms with Crippen molar-refractivity contribution in [2.45, 2.75) is 26.2 Å². The number of carbonyl (C=O) groups is 2. The van der Waals surface area contributed by atoms with Gasteiger partial charge in [0, 0.05) is 13.1 Å². The highest BCUT2D eigenvalue weighted by molar-refractivity contribution is 6.08. The molecule has 3 unspecified atom stereocenters. The smallest absolute Gasteiger partial charge is 0.233 e. The summed E-state index contributed by atoms with van der Waals surface area (Å²) in [5.41, 5.74) is 0.0837. The first-order valence-electron chi connectivity index (χ1n) is 6.17. The molecule has 1 aliphatic carbocycles. The van der Waals surface area contributed by atoms with Crippen LogP contribution in [0.5, 0.6) is 0 Å². The number of nitrogens with zero attached hydrogens (tertiary/aromatic N) is 1. The minimum Gasteiger partial charge on any atom is -0.316 e. The number of hydrogen-bond acceptors (Lipinski definition) is 3. The third-order valence-corrected chi connectivity index (χ3v) is 4.18. The Kier molecular flexibility index (Phi) is 2.11. The van der Waals surface area contributed by atoms with Crippen molar-refractivity contribution in [3.05, 3.63) is 0 Å². The normalized spacial score (nSPS) is 42.4. The van der Waals surface area contributed by atoms with E-state index < -0.39 is 0 Å². The van der Waals surface area contributed by atoms with E-state index in [1.165, 1.54) is 4.90 Å². The zero-order chi connectivity index (χ0) is 11.3. The number of hydrogen-bond donors (Lipinski definition) is 1. The van der Waals surface area contributed by atoms with Gasteiger partial charge in [0.05, 0.1) is 11.8 Å². The van der Waals surface area contributed by atoms with Crippen molar-refractivity contribution in [2.24, 2.45) is 17.3 Å². The predicted octanol–water partition coefficient (Wildman–Crippen LogP) is 0.381. The summed E-state index contributed by atoms with van der Waals surface area (Å²) in [6.07, 6.45) is 3.05. The van der Waals surface area contributed by atoms with Gasteiger partial charge >= 0.3 is 0 Å². The highest BCUT2D eigenvalue weighted by Crippen LogP contribution is 2.47. The highest BCUT2D eigenvalue weighted by atomic mass is 16.2. The number of amides is 2. The molecular weight excluding hydrogens is 204 g/mol. The molecule has 0 radical (unpaired) electrons. The number of rotatable bonds is 2. The molecule has 0 spiro atoms. The molecule has 1 N–H and O–H groups in total. The molecule has 3 aliphatic rings. The topological polar surface area (TPSA) is 49.4 Å². The van der Waals surface area contributed by atoms with E-state index in [4.69, 9.17) is 0 Å². The highest BCUT2D eigenvalue weighted by Gasteiger charge is 2.59. The first-order chi connectivity index (χ1) is 7.61. The Morgan fingerprint density at radius 1 is 1.38 bits per heavy atom. The molecule has 4 heteroatoms. The van der Waals surface area contributed by atoms with Gasteiger partial charge in [-0.15, -0.1) is 0 Å². The quantitative estimate of drug-likeness (QED) is 0.687. The van der Waals surface area contributed by atoms with Crippen molar-refractivity contribution in [1.29, 1.82) is 0 Å². The van der Waals surface area contributed by atoms with Crippen molar-refractivity contribution in [2.75, 3.05) is 19.6 Å². The fourth-order valence-corrected chi connectivity index (χ4v) is 3.04. The van der Waals surface area contributed by atoms with Crippen molar-refractivity contribution in [3.8, 4) is 0 Å². The van der Waals surface area contributed by atoms with E-state index in [1.54, 1.807) is 0 Å². The first-order valence-corrected chi connectivity index (χ1v) is 6.17. The number of carbonyl (C=O) groups excluding carboxylic acids is 2. The van der Waals surface area contributed by atoms with Crippen LogP contribution in [0.3, 0.4) is 0 Å². The minimum absolute atomic E-state index is 0.0487. The van der Waals surface area contributed by atoms with Gasteiger partial charge < -0.3 is 5.32 Å². The number of piperidine rings is 2. The van der Waals surface area contributed by atoms with Crippen LogP contribution in [-0.4, -0.2) is 36.3 Å². The Hall–Kier alpha value is -0.900. The maximum absolute atomic E-state index is 11.9. The molecule has 3 fully saturated rings. The minimum atomic E-state index is 0.0487. The van der Waals surface area contributed by atoms with Crippen LogP contribution in [0.1, 0.15) is 26.2 Å². The molecule has 3 atom stereocenters. The van der Waals surface area contributed by atoms with E-state index >= 15 is 0 Å². The van der Waals surface area contributed by atoms with E-state index in [2.05, 4.69) is 12.2 Å². The molecule has 2 amide bonds. The molecule has 0 aromatic carbocycles. The lowest BCUT2D eigenvalue weighted by atomic mass is 9.82. The Labute approximate surface area is 95.4 Å². The maximum atomic E-state index is 11.9. The van der Waals surface area contributed by atoms with Gasteiger partial charge in [0.25, 0.3) is 0 Å². The van der Waals surface area contributed by atoms with Gasteiger partial charge in [-0.2, -0.15) is 0 Å². The molecule has 0 aromatic rings. The second-order valence-electron chi connectivity index (χ2n) is 5.80. The fraction of sp³-hybridized carbons (Fsp3) is 0.833. The molecule has 2 aliphatic heterocycles. The van der Waals surface area contributed by atoms with Gasteiger partial charge in [0.1, 0.15) is 0 Å². The van der Waals surface area contributed by atoms with Crippen LogP contribution in [0.15, 0.2) is 0 Å². The molecule has 0 bridgehead atoms. The summed E-state index contributed by atoms with van der Waals surface area (Å²) in [5.74, 6) is 0.267. The molecule has 0 aromatic heterocycles. The monoisotopic (exact) mass is 222 g/mol. The average Bonchev–Trinajstić information content (AvgIpc) is 3.00. The summed E-state index contributed by atoms with van der Waals surface area (Å²) in [7, 11) is 0. The number of likely N-dealkylation sites (tertiary alicyclic amines) is 1. The molecule has 1 saturated carbocycles. The van der Waals surface area contributed by atoms with E-state index in [1.807, 2.05) is 0 Å². The second kappa shape index (κ2) is 3.29. The predicted molar refractivity (Wildman–Crippen MR) is 58.5 cm³/mol. The molecule has 4 nitrogen and oxygen atoms in total. The van der Waals surface area contributed by atoms with Gasteiger partial charge in [-0.1, -0.05) is 6.92 Å². The van der Waals surface area contributed by atoms with Gasteiger partial charge in [-0.25, -0.2) is 0 Å². The standard InChI is InChI=1S/C12H18N2O2/c1-12(3-2-4-13-6-12)7-14-10(15)8-5-9(8)11(14)16/h8-9,13H,2-7H2,1H3. The molecule has 2 heterocycles. The van der Waals surface area contributed by atoms with Gasteiger partial charge in [-0.3, -0.25) is 14.5 Å². The van der Waals surface area contributed by atoms with Crippen LogP contribution >= 0.6 is 0 Å². The Balaban J connectivity index is 1.70. The third-order valence-electron chi connectivity index (χ3n) is 4.18. The Morgan fingerprint density at radius 2 is 2.06 bits per heavy atom. The van der Waals surface area contributed by atoms with Crippen LogP contribution in [0.25, 0.3) is 0 Å². The van der Waals surface area contributed by atoms with Crippen LogP contribution < -0.4 is 5.32 Å². The van der Waals surface area contributed by atoms with Crippen molar-refractivity contribution in [1.82, 2.24) is 10.2 Å². The zero-order valence-electron chi connectivity index (χ0n) is 9.66. The molecule has 3 rings (SSSR count). The molecule has 2 saturated heterocycles. The summed E-state index contributed by atoms with van der Waals surface area (Å²) in [6, 6.07) is 0. The van der Waals surface area contributed by atoms with E-state index in [0.29, 0.717) is 6.54 Å².